The normalized spacial score (nSPS) is 14.2. The molecule has 1 N–H and O–H groups in total. The summed E-state index contributed by atoms with van der Waals surface area (Å²) in [6, 6.07) is 13.9. The number of nitrogens with one attached hydrogen (secondary N) is 1. The molecule has 0 heterocycles. The number of aryl methyl sites for hydroxylation is 2. The Morgan fingerprint density at radius 3 is 2.41 bits per heavy atom. The lowest BCUT2D eigenvalue weighted by Crippen LogP contribution is -2.41. The van der Waals surface area contributed by atoms with Gasteiger partial charge in [-0.25, -0.2) is 8.42 Å². The number of para-hydroxylation sites is 1. The van der Waals surface area contributed by atoms with E-state index in [0.29, 0.717) is 12.2 Å². The number of carbonyl (C=O) groups excluding carboxylic acids is 1. The van der Waals surface area contributed by atoms with Gasteiger partial charge in [-0.1, -0.05) is 47.5 Å². The Morgan fingerprint density at radius 2 is 1.76 bits per heavy atom. The lowest BCUT2D eigenvalue weighted by atomic mass is 10.00. The molecule has 2 aromatic rings. The Balaban J connectivity index is 1.85. The average Bonchev–Trinajstić information content (AvgIpc) is 2.72. The van der Waals surface area contributed by atoms with E-state index in [4.69, 9.17) is 0 Å². The fourth-order valence-electron chi connectivity index (χ4n) is 3.44. The number of rotatable bonds is 7. The first kappa shape index (κ1) is 21.1. The summed E-state index contributed by atoms with van der Waals surface area (Å²) < 4.78 is 28.0. The highest BCUT2D eigenvalue weighted by atomic mass is 32.2. The van der Waals surface area contributed by atoms with E-state index < -0.39 is 10.0 Å². The summed E-state index contributed by atoms with van der Waals surface area (Å²) >= 11 is 0. The van der Waals surface area contributed by atoms with Crippen molar-refractivity contribution in [2.75, 3.05) is 17.4 Å². The fraction of sp³-hybridized carbons (Fsp3) is 0.348. The SMILES string of the molecule is Cc1ccc(S(=O)(=O)N(CC(=O)NCC2=CCCCC2)c2ccccc2C)cc1. The van der Waals surface area contributed by atoms with Gasteiger partial charge in [0.2, 0.25) is 5.91 Å². The summed E-state index contributed by atoms with van der Waals surface area (Å²) in [7, 11) is -3.87. The zero-order valence-corrected chi connectivity index (χ0v) is 17.8. The minimum Gasteiger partial charge on any atom is -0.351 e. The van der Waals surface area contributed by atoms with E-state index in [-0.39, 0.29) is 17.3 Å². The monoisotopic (exact) mass is 412 g/mol. The molecule has 1 aliphatic rings. The molecule has 0 bridgehead atoms. The second kappa shape index (κ2) is 9.27. The second-order valence-electron chi connectivity index (χ2n) is 7.50. The van der Waals surface area contributed by atoms with E-state index in [9.17, 15) is 13.2 Å². The van der Waals surface area contributed by atoms with Crippen molar-refractivity contribution in [3.63, 3.8) is 0 Å². The van der Waals surface area contributed by atoms with Crippen molar-refractivity contribution in [1.82, 2.24) is 5.32 Å². The number of hydrogen-bond acceptors (Lipinski definition) is 3. The number of carbonyl (C=O) groups is 1. The van der Waals surface area contributed by atoms with Crippen LogP contribution in [-0.2, 0) is 14.8 Å². The predicted molar refractivity (Wildman–Crippen MR) is 116 cm³/mol. The lowest BCUT2D eigenvalue weighted by molar-refractivity contribution is -0.119. The van der Waals surface area contributed by atoms with Gasteiger partial charge in [-0.05, 0) is 63.3 Å². The zero-order chi connectivity index (χ0) is 20.9. The topological polar surface area (TPSA) is 66.5 Å². The maximum Gasteiger partial charge on any atom is 0.264 e. The Morgan fingerprint density at radius 1 is 1.03 bits per heavy atom. The van der Waals surface area contributed by atoms with Gasteiger partial charge in [0, 0.05) is 6.54 Å². The van der Waals surface area contributed by atoms with Gasteiger partial charge in [0.15, 0.2) is 0 Å². The first-order valence-electron chi connectivity index (χ1n) is 9.97. The van der Waals surface area contributed by atoms with E-state index in [2.05, 4.69) is 11.4 Å². The molecule has 6 heteroatoms. The van der Waals surface area contributed by atoms with Crippen molar-refractivity contribution >= 4 is 21.6 Å². The number of benzene rings is 2. The van der Waals surface area contributed by atoms with Gasteiger partial charge in [0.25, 0.3) is 10.0 Å². The first-order chi connectivity index (χ1) is 13.9. The van der Waals surface area contributed by atoms with Crippen LogP contribution in [0.2, 0.25) is 0 Å². The van der Waals surface area contributed by atoms with Crippen molar-refractivity contribution in [3.05, 3.63) is 71.3 Å². The molecule has 0 aliphatic heterocycles. The molecule has 0 saturated heterocycles. The van der Waals surface area contributed by atoms with Crippen molar-refractivity contribution in [1.29, 1.82) is 0 Å². The Bertz CT molecular complexity index is 995. The highest BCUT2D eigenvalue weighted by Gasteiger charge is 2.28. The largest absolute Gasteiger partial charge is 0.351 e. The van der Waals surface area contributed by atoms with Gasteiger partial charge < -0.3 is 5.32 Å². The molecule has 1 aliphatic carbocycles. The Labute approximate surface area is 173 Å². The van der Waals surface area contributed by atoms with E-state index in [0.717, 1.165) is 30.4 Å². The molecular weight excluding hydrogens is 384 g/mol. The average molecular weight is 413 g/mol. The third-order valence-electron chi connectivity index (χ3n) is 5.18. The van der Waals surface area contributed by atoms with Crippen molar-refractivity contribution in [2.45, 2.75) is 44.4 Å². The standard InChI is InChI=1S/C23H28N2O3S/c1-18-12-14-21(15-13-18)29(27,28)25(22-11-7-6-8-19(22)2)17-23(26)24-16-20-9-4-3-5-10-20/h6-9,11-15H,3-5,10,16-17H2,1-2H3,(H,24,26). The summed E-state index contributed by atoms with van der Waals surface area (Å²) in [6.07, 6.45) is 6.53. The Hall–Kier alpha value is -2.60. The predicted octanol–water partition coefficient (Wildman–Crippen LogP) is 4.12. The third kappa shape index (κ3) is 5.26. The van der Waals surface area contributed by atoms with Crippen molar-refractivity contribution < 1.29 is 13.2 Å². The molecule has 0 saturated carbocycles. The minimum absolute atomic E-state index is 0.175. The van der Waals surface area contributed by atoms with Crippen LogP contribution in [-0.4, -0.2) is 27.4 Å². The van der Waals surface area contributed by atoms with Crippen LogP contribution in [0.1, 0.15) is 36.8 Å². The smallest absolute Gasteiger partial charge is 0.264 e. The molecule has 0 unspecified atom stereocenters. The van der Waals surface area contributed by atoms with Crippen LogP contribution >= 0.6 is 0 Å². The van der Waals surface area contributed by atoms with Crippen LogP contribution < -0.4 is 9.62 Å². The molecule has 3 rings (SSSR count). The van der Waals surface area contributed by atoms with Crippen LogP contribution in [0.4, 0.5) is 5.69 Å². The van der Waals surface area contributed by atoms with E-state index >= 15 is 0 Å². The lowest BCUT2D eigenvalue weighted by Gasteiger charge is -2.26. The zero-order valence-electron chi connectivity index (χ0n) is 17.0. The highest BCUT2D eigenvalue weighted by Crippen LogP contribution is 2.26. The van der Waals surface area contributed by atoms with Gasteiger partial charge >= 0.3 is 0 Å². The molecule has 1 amide bonds. The number of hydrogen-bond donors (Lipinski definition) is 1. The first-order valence-corrected chi connectivity index (χ1v) is 11.4. The second-order valence-corrected chi connectivity index (χ2v) is 9.36. The molecule has 5 nitrogen and oxygen atoms in total. The molecule has 29 heavy (non-hydrogen) atoms. The summed E-state index contributed by atoms with van der Waals surface area (Å²) in [4.78, 5) is 12.8. The van der Waals surface area contributed by atoms with Crippen molar-refractivity contribution in [2.24, 2.45) is 0 Å². The van der Waals surface area contributed by atoms with Gasteiger partial charge in [0.1, 0.15) is 6.54 Å². The number of nitrogens with zero attached hydrogens (tertiary/aromatic N) is 1. The number of sulfonamides is 1. The minimum atomic E-state index is -3.87. The van der Waals surface area contributed by atoms with Gasteiger partial charge in [-0.15, -0.1) is 0 Å². The van der Waals surface area contributed by atoms with Crippen molar-refractivity contribution in [3.8, 4) is 0 Å². The van der Waals surface area contributed by atoms with Crippen LogP contribution in [0, 0.1) is 13.8 Å². The van der Waals surface area contributed by atoms with E-state index in [1.165, 1.54) is 16.3 Å². The molecular formula is C23H28N2O3S. The van der Waals surface area contributed by atoms with Crippen LogP contribution in [0.3, 0.4) is 0 Å². The highest BCUT2D eigenvalue weighted by molar-refractivity contribution is 7.92. The van der Waals surface area contributed by atoms with E-state index in [1.807, 2.05) is 26.0 Å². The quantitative estimate of drug-likeness (QED) is 0.696. The molecule has 154 valence electrons. The summed E-state index contributed by atoms with van der Waals surface area (Å²) in [5.74, 6) is -0.310. The summed E-state index contributed by atoms with van der Waals surface area (Å²) in [6.45, 7) is 3.97. The number of anilines is 1. The number of allylic oxidation sites excluding steroid dienone is 1. The molecule has 0 radical (unpaired) electrons. The molecule has 0 spiro atoms. The van der Waals surface area contributed by atoms with Crippen LogP contribution in [0.5, 0.6) is 0 Å². The van der Waals surface area contributed by atoms with Crippen LogP contribution in [0.25, 0.3) is 0 Å². The maximum absolute atomic E-state index is 13.4. The molecule has 0 fully saturated rings. The molecule has 0 aromatic heterocycles. The Kier molecular flexibility index (Phi) is 6.75. The third-order valence-corrected chi connectivity index (χ3v) is 6.95. The van der Waals surface area contributed by atoms with Gasteiger partial charge in [0.05, 0.1) is 10.6 Å². The summed E-state index contributed by atoms with van der Waals surface area (Å²) in [5, 5.41) is 2.89. The molecule has 2 aromatic carbocycles. The van der Waals surface area contributed by atoms with Crippen LogP contribution in [0.15, 0.2) is 65.1 Å². The van der Waals surface area contributed by atoms with E-state index in [1.54, 1.807) is 36.4 Å². The maximum atomic E-state index is 13.4. The van der Waals surface area contributed by atoms with Gasteiger partial charge in [-0.3, -0.25) is 9.10 Å². The summed E-state index contributed by atoms with van der Waals surface area (Å²) in [5.41, 5.74) is 3.50. The number of amides is 1. The van der Waals surface area contributed by atoms with Gasteiger partial charge in [-0.2, -0.15) is 0 Å². The fourth-order valence-corrected chi connectivity index (χ4v) is 4.93. The molecule has 0 atom stereocenters.